The van der Waals surface area contributed by atoms with E-state index >= 15 is 0 Å². The minimum absolute atomic E-state index is 0.171. The molecule has 2 nitrogen and oxygen atoms in total. The highest BCUT2D eigenvalue weighted by atomic mass is 16.5. The Morgan fingerprint density at radius 1 is 1.28 bits per heavy atom. The summed E-state index contributed by atoms with van der Waals surface area (Å²) in [6.45, 7) is 3.17. The van der Waals surface area contributed by atoms with E-state index in [1.54, 1.807) is 0 Å². The monoisotopic (exact) mass is 247 g/mol. The van der Waals surface area contributed by atoms with E-state index < -0.39 is 0 Å². The van der Waals surface area contributed by atoms with Crippen LogP contribution in [0.4, 0.5) is 0 Å². The van der Waals surface area contributed by atoms with Crippen molar-refractivity contribution >= 4 is 0 Å². The molecule has 0 aromatic heterocycles. The summed E-state index contributed by atoms with van der Waals surface area (Å²) in [5.41, 5.74) is 1.28. The predicted octanol–water partition coefficient (Wildman–Crippen LogP) is 3.54. The Balaban J connectivity index is 2.00. The number of rotatable bonds is 8. The maximum atomic E-state index is 5.74. The summed E-state index contributed by atoms with van der Waals surface area (Å²) in [6, 6.07) is 11.0. The third kappa shape index (κ3) is 3.82. The van der Waals surface area contributed by atoms with Gasteiger partial charge in [0.1, 0.15) is 0 Å². The molecule has 0 saturated heterocycles. The van der Waals surface area contributed by atoms with Crippen LogP contribution in [0.2, 0.25) is 0 Å². The Hall–Kier alpha value is -0.860. The smallest absolute Gasteiger partial charge is 0.0973 e. The second-order valence-electron chi connectivity index (χ2n) is 5.25. The first kappa shape index (κ1) is 13.6. The molecule has 0 spiro atoms. The third-order valence-corrected chi connectivity index (χ3v) is 3.80. The number of methoxy groups -OCH3 is 1. The summed E-state index contributed by atoms with van der Waals surface area (Å²) in [7, 11) is 1.82. The number of hydrogen-bond acceptors (Lipinski definition) is 2. The molecule has 1 N–H and O–H groups in total. The minimum atomic E-state index is 0.171. The normalized spacial score (nSPS) is 18.6. The summed E-state index contributed by atoms with van der Waals surface area (Å²) in [5.74, 6) is 0.986. The van der Waals surface area contributed by atoms with Crippen LogP contribution in [0.3, 0.4) is 0 Å². The lowest BCUT2D eigenvalue weighted by Gasteiger charge is -2.27. The molecule has 100 valence electrons. The molecule has 18 heavy (non-hydrogen) atoms. The van der Waals surface area contributed by atoms with Crippen molar-refractivity contribution < 1.29 is 4.74 Å². The molecule has 2 atom stereocenters. The van der Waals surface area contributed by atoms with E-state index in [1.165, 1.54) is 31.2 Å². The number of hydrogen-bond donors (Lipinski definition) is 1. The molecule has 1 fully saturated rings. The molecule has 1 aromatic carbocycles. The van der Waals surface area contributed by atoms with Gasteiger partial charge in [0.2, 0.25) is 0 Å². The molecular weight excluding hydrogens is 222 g/mol. The van der Waals surface area contributed by atoms with Gasteiger partial charge in [0.25, 0.3) is 0 Å². The van der Waals surface area contributed by atoms with Crippen molar-refractivity contribution in [1.29, 1.82) is 0 Å². The van der Waals surface area contributed by atoms with E-state index in [1.807, 2.05) is 7.11 Å². The van der Waals surface area contributed by atoms with Gasteiger partial charge >= 0.3 is 0 Å². The van der Waals surface area contributed by atoms with E-state index in [0.29, 0.717) is 6.04 Å². The molecule has 0 radical (unpaired) electrons. The van der Waals surface area contributed by atoms with Gasteiger partial charge in [-0.25, -0.2) is 0 Å². The van der Waals surface area contributed by atoms with Gasteiger partial charge in [-0.2, -0.15) is 0 Å². The quantitative estimate of drug-likeness (QED) is 0.758. The molecule has 2 unspecified atom stereocenters. The molecule has 1 saturated carbocycles. The van der Waals surface area contributed by atoms with E-state index in [9.17, 15) is 0 Å². The summed E-state index contributed by atoms with van der Waals surface area (Å²) in [5, 5.41) is 3.59. The second kappa shape index (κ2) is 6.91. The number of ether oxygens (including phenoxy) is 1. The molecule has 0 bridgehead atoms. The fraction of sp³-hybridized carbons (Fsp3) is 0.625. The topological polar surface area (TPSA) is 21.3 Å². The third-order valence-electron chi connectivity index (χ3n) is 3.80. The Morgan fingerprint density at radius 3 is 2.56 bits per heavy atom. The molecule has 2 rings (SSSR count). The van der Waals surface area contributed by atoms with Crippen LogP contribution >= 0.6 is 0 Å². The first-order valence-electron chi connectivity index (χ1n) is 7.16. The van der Waals surface area contributed by atoms with Gasteiger partial charge in [0.05, 0.1) is 6.10 Å². The SMILES string of the molecule is CCNC(CCC1CC1)C(OC)c1ccccc1. The zero-order valence-electron chi connectivity index (χ0n) is 11.6. The lowest BCUT2D eigenvalue weighted by atomic mass is 9.97. The van der Waals surface area contributed by atoms with Crippen LogP contribution in [0.1, 0.15) is 44.3 Å². The van der Waals surface area contributed by atoms with Gasteiger partial charge in [-0.1, -0.05) is 50.1 Å². The lowest BCUT2D eigenvalue weighted by molar-refractivity contribution is 0.0642. The van der Waals surface area contributed by atoms with Crippen molar-refractivity contribution in [2.75, 3.05) is 13.7 Å². The van der Waals surface area contributed by atoms with Gasteiger partial charge < -0.3 is 10.1 Å². The molecule has 1 aromatic rings. The Bertz CT molecular complexity index is 334. The van der Waals surface area contributed by atoms with E-state index in [0.717, 1.165) is 12.5 Å². The highest BCUT2D eigenvalue weighted by molar-refractivity contribution is 5.19. The van der Waals surface area contributed by atoms with Gasteiger partial charge in [0.15, 0.2) is 0 Å². The average molecular weight is 247 g/mol. The fourth-order valence-electron chi connectivity index (χ4n) is 2.62. The second-order valence-corrected chi connectivity index (χ2v) is 5.25. The van der Waals surface area contributed by atoms with E-state index in [2.05, 4.69) is 42.6 Å². The summed E-state index contributed by atoms with van der Waals surface area (Å²) < 4.78 is 5.74. The van der Waals surface area contributed by atoms with Crippen molar-refractivity contribution in [3.05, 3.63) is 35.9 Å². The molecular formula is C16H25NO. The summed E-state index contributed by atoms with van der Waals surface area (Å²) in [4.78, 5) is 0. The van der Waals surface area contributed by atoms with Crippen LogP contribution in [0, 0.1) is 5.92 Å². The number of likely N-dealkylation sites (N-methyl/N-ethyl adjacent to an activating group) is 1. The van der Waals surface area contributed by atoms with E-state index in [4.69, 9.17) is 4.74 Å². The molecule has 1 aliphatic rings. The highest BCUT2D eigenvalue weighted by Gasteiger charge is 2.26. The Morgan fingerprint density at radius 2 is 2.00 bits per heavy atom. The van der Waals surface area contributed by atoms with Gasteiger partial charge in [-0.15, -0.1) is 0 Å². The van der Waals surface area contributed by atoms with Gasteiger partial charge in [-0.05, 0) is 30.9 Å². The summed E-state index contributed by atoms with van der Waals surface area (Å²) in [6.07, 6.45) is 5.59. The highest BCUT2D eigenvalue weighted by Crippen LogP contribution is 2.35. The van der Waals surface area contributed by atoms with Crippen molar-refractivity contribution in [2.24, 2.45) is 5.92 Å². The summed E-state index contributed by atoms with van der Waals surface area (Å²) >= 11 is 0. The van der Waals surface area contributed by atoms with Crippen molar-refractivity contribution in [1.82, 2.24) is 5.32 Å². The Labute approximate surface area is 111 Å². The molecule has 0 aliphatic heterocycles. The van der Waals surface area contributed by atoms with Crippen LogP contribution in [0.25, 0.3) is 0 Å². The average Bonchev–Trinajstić information content (AvgIpc) is 3.22. The van der Waals surface area contributed by atoms with Crippen molar-refractivity contribution in [3.63, 3.8) is 0 Å². The van der Waals surface area contributed by atoms with Crippen LogP contribution in [0.15, 0.2) is 30.3 Å². The predicted molar refractivity (Wildman–Crippen MR) is 75.6 cm³/mol. The van der Waals surface area contributed by atoms with Crippen LogP contribution in [-0.2, 0) is 4.74 Å². The van der Waals surface area contributed by atoms with Crippen LogP contribution < -0.4 is 5.32 Å². The first-order valence-corrected chi connectivity index (χ1v) is 7.16. The Kier molecular flexibility index (Phi) is 5.21. The van der Waals surface area contributed by atoms with Crippen molar-refractivity contribution in [3.8, 4) is 0 Å². The zero-order valence-corrected chi connectivity index (χ0v) is 11.6. The number of benzene rings is 1. The zero-order chi connectivity index (χ0) is 12.8. The number of nitrogens with one attached hydrogen (secondary N) is 1. The maximum Gasteiger partial charge on any atom is 0.0973 e. The maximum absolute atomic E-state index is 5.74. The van der Waals surface area contributed by atoms with E-state index in [-0.39, 0.29) is 6.10 Å². The fourth-order valence-corrected chi connectivity index (χ4v) is 2.62. The van der Waals surface area contributed by atoms with Crippen LogP contribution in [-0.4, -0.2) is 19.7 Å². The molecule has 2 heteroatoms. The standard InChI is InChI=1S/C16H25NO/c1-3-17-15(12-11-13-9-10-13)16(18-2)14-7-5-4-6-8-14/h4-8,13,15-17H,3,9-12H2,1-2H3. The molecule has 0 heterocycles. The molecule has 0 amide bonds. The van der Waals surface area contributed by atoms with Gasteiger partial charge in [-0.3, -0.25) is 0 Å². The lowest BCUT2D eigenvalue weighted by Crippen LogP contribution is -2.35. The van der Waals surface area contributed by atoms with Crippen molar-refractivity contribution in [2.45, 2.75) is 44.8 Å². The largest absolute Gasteiger partial charge is 0.375 e. The minimum Gasteiger partial charge on any atom is -0.375 e. The molecule has 1 aliphatic carbocycles. The van der Waals surface area contributed by atoms with Gasteiger partial charge in [0, 0.05) is 13.2 Å². The first-order chi connectivity index (χ1) is 8.85. The van der Waals surface area contributed by atoms with Crippen LogP contribution in [0.5, 0.6) is 0 Å².